The highest BCUT2D eigenvalue weighted by Crippen LogP contribution is 2.25. The molecule has 4 nitrogen and oxygen atoms in total. The number of benzene rings is 2. The Hall–Kier alpha value is -2.33. The molecule has 0 atom stereocenters. The van der Waals surface area contributed by atoms with Crippen molar-refractivity contribution in [3.05, 3.63) is 70.8 Å². The van der Waals surface area contributed by atoms with Gasteiger partial charge in [-0.15, -0.1) is 0 Å². The molecule has 0 spiro atoms. The highest BCUT2D eigenvalue weighted by molar-refractivity contribution is 5.75. The van der Waals surface area contributed by atoms with Crippen molar-refractivity contribution in [3.8, 4) is 0 Å². The monoisotopic (exact) mass is 352 g/mol. The van der Waals surface area contributed by atoms with E-state index in [1.807, 2.05) is 17.0 Å². The van der Waals surface area contributed by atoms with E-state index in [0.717, 1.165) is 24.0 Å². The molecule has 2 N–H and O–H groups in total. The summed E-state index contributed by atoms with van der Waals surface area (Å²) in [5, 5.41) is 12.5. The van der Waals surface area contributed by atoms with Gasteiger partial charge in [-0.05, 0) is 43.7 Å². The highest BCUT2D eigenvalue weighted by atomic mass is 16.3. The molecule has 0 aromatic heterocycles. The van der Waals surface area contributed by atoms with Crippen molar-refractivity contribution >= 4 is 6.03 Å². The molecule has 3 rings (SSSR count). The van der Waals surface area contributed by atoms with Crippen LogP contribution in [0.25, 0.3) is 0 Å². The van der Waals surface area contributed by atoms with Crippen LogP contribution in [0.3, 0.4) is 0 Å². The lowest BCUT2D eigenvalue weighted by Gasteiger charge is -2.33. The molecule has 0 saturated carbocycles. The van der Waals surface area contributed by atoms with Gasteiger partial charge in [0, 0.05) is 19.7 Å². The van der Waals surface area contributed by atoms with Crippen molar-refractivity contribution in [3.63, 3.8) is 0 Å². The maximum Gasteiger partial charge on any atom is 0.318 e. The van der Waals surface area contributed by atoms with Gasteiger partial charge in [0.25, 0.3) is 0 Å². The minimum atomic E-state index is -0.169. The van der Waals surface area contributed by atoms with Gasteiger partial charge in [0.1, 0.15) is 0 Å². The number of likely N-dealkylation sites (tertiary alicyclic amines) is 1. The number of hydrogen-bond donors (Lipinski definition) is 2. The van der Waals surface area contributed by atoms with Crippen LogP contribution in [0, 0.1) is 19.8 Å². The van der Waals surface area contributed by atoms with Crippen LogP contribution in [-0.4, -0.2) is 35.7 Å². The predicted octanol–water partition coefficient (Wildman–Crippen LogP) is 3.81. The van der Waals surface area contributed by atoms with Gasteiger partial charge < -0.3 is 15.3 Å². The van der Waals surface area contributed by atoms with Crippen LogP contribution < -0.4 is 5.32 Å². The minimum Gasteiger partial charge on any atom is -0.396 e. The fraction of sp³-hybridized carbons (Fsp3) is 0.409. The number of amides is 2. The fourth-order valence-electron chi connectivity index (χ4n) is 3.59. The lowest BCUT2D eigenvalue weighted by molar-refractivity contribution is 0.136. The molecule has 0 radical (unpaired) electrons. The summed E-state index contributed by atoms with van der Waals surface area (Å²) in [6.45, 7) is 5.75. The Kier molecular flexibility index (Phi) is 5.94. The van der Waals surface area contributed by atoms with Crippen LogP contribution in [0.15, 0.2) is 48.5 Å². The predicted molar refractivity (Wildman–Crippen MR) is 104 cm³/mol. The van der Waals surface area contributed by atoms with Crippen LogP contribution in [0.2, 0.25) is 0 Å². The van der Waals surface area contributed by atoms with Gasteiger partial charge in [0.15, 0.2) is 0 Å². The van der Waals surface area contributed by atoms with Crippen molar-refractivity contribution in [2.75, 3.05) is 19.7 Å². The number of aliphatic hydroxyl groups is 1. The molecule has 0 unspecified atom stereocenters. The zero-order valence-corrected chi connectivity index (χ0v) is 15.6. The van der Waals surface area contributed by atoms with Crippen molar-refractivity contribution < 1.29 is 9.90 Å². The van der Waals surface area contributed by atoms with E-state index < -0.39 is 0 Å². The number of hydrogen-bond acceptors (Lipinski definition) is 2. The molecule has 1 heterocycles. The fourth-order valence-corrected chi connectivity index (χ4v) is 3.59. The Balaban J connectivity index is 1.81. The lowest BCUT2D eigenvalue weighted by atomic mass is 9.96. The average molecular weight is 352 g/mol. The van der Waals surface area contributed by atoms with Crippen molar-refractivity contribution in [1.29, 1.82) is 0 Å². The lowest BCUT2D eigenvalue weighted by Crippen LogP contribution is -2.46. The average Bonchev–Trinajstić information content (AvgIpc) is 2.66. The van der Waals surface area contributed by atoms with E-state index in [1.54, 1.807) is 0 Å². The number of aryl methyl sites for hydroxylation is 2. The highest BCUT2D eigenvalue weighted by Gasteiger charge is 2.25. The molecule has 1 saturated heterocycles. The second kappa shape index (κ2) is 8.37. The van der Waals surface area contributed by atoms with Gasteiger partial charge in [-0.25, -0.2) is 4.79 Å². The molecular weight excluding hydrogens is 324 g/mol. The first kappa shape index (κ1) is 18.5. The normalized spacial score (nSPS) is 15.3. The first-order valence-electron chi connectivity index (χ1n) is 9.36. The Morgan fingerprint density at radius 2 is 1.62 bits per heavy atom. The smallest absolute Gasteiger partial charge is 0.318 e. The zero-order valence-electron chi connectivity index (χ0n) is 15.6. The Labute approximate surface area is 155 Å². The summed E-state index contributed by atoms with van der Waals surface area (Å²) in [6.07, 6.45) is 1.73. The third-order valence-corrected chi connectivity index (χ3v) is 5.18. The Morgan fingerprint density at radius 1 is 1.08 bits per heavy atom. The van der Waals surface area contributed by atoms with Crippen LogP contribution in [-0.2, 0) is 0 Å². The molecule has 0 bridgehead atoms. The van der Waals surface area contributed by atoms with Gasteiger partial charge in [-0.3, -0.25) is 0 Å². The van der Waals surface area contributed by atoms with Gasteiger partial charge in [0.2, 0.25) is 0 Å². The first-order chi connectivity index (χ1) is 12.6. The number of nitrogens with one attached hydrogen (secondary N) is 1. The van der Waals surface area contributed by atoms with Crippen molar-refractivity contribution in [2.24, 2.45) is 5.92 Å². The maximum absolute atomic E-state index is 12.9. The van der Waals surface area contributed by atoms with Crippen LogP contribution in [0.1, 0.15) is 41.1 Å². The summed E-state index contributed by atoms with van der Waals surface area (Å²) in [4.78, 5) is 14.7. The van der Waals surface area contributed by atoms with E-state index in [0.29, 0.717) is 19.0 Å². The first-order valence-corrected chi connectivity index (χ1v) is 9.36. The van der Waals surface area contributed by atoms with Gasteiger partial charge in [0.05, 0.1) is 6.04 Å². The number of aliphatic hydroxyl groups excluding tert-OH is 1. The van der Waals surface area contributed by atoms with Crippen LogP contribution >= 0.6 is 0 Å². The molecule has 4 heteroatoms. The molecular formula is C22H28N2O2. The van der Waals surface area contributed by atoms with Gasteiger partial charge in [-0.1, -0.05) is 59.7 Å². The van der Waals surface area contributed by atoms with Crippen LogP contribution in [0.4, 0.5) is 4.79 Å². The minimum absolute atomic E-state index is 0.0330. The summed E-state index contributed by atoms with van der Waals surface area (Å²) in [7, 11) is 0. The quantitative estimate of drug-likeness (QED) is 0.879. The number of carbonyl (C=O) groups excluding carboxylic acids is 1. The van der Waals surface area contributed by atoms with E-state index in [-0.39, 0.29) is 18.7 Å². The number of rotatable bonds is 4. The molecule has 2 aromatic rings. The third-order valence-electron chi connectivity index (χ3n) is 5.18. The zero-order chi connectivity index (χ0) is 18.5. The molecule has 2 aromatic carbocycles. The molecule has 2 amide bonds. The SMILES string of the molecule is Cc1cccc(C(NC(=O)N2CCC(CO)CC2)c2cccc(C)c2)c1. The number of nitrogens with zero attached hydrogens (tertiary/aromatic N) is 1. The second-order valence-corrected chi connectivity index (χ2v) is 7.32. The summed E-state index contributed by atoms with van der Waals surface area (Å²) in [5.74, 6) is 0.323. The molecule has 0 aliphatic carbocycles. The van der Waals surface area contributed by atoms with Gasteiger partial charge in [-0.2, -0.15) is 0 Å². The van der Waals surface area contributed by atoms with E-state index in [4.69, 9.17) is 0 Å². The summed E-state index contributed by atoms with van der Waals surface area (Å²) in [5.41, 5.74) is 4.54. The van der Waals surface area contributed by atoms with Crippen molar-refractivity contribution in [2.45, 2.75) is 32.7 Å². The summed E-state index contributed by atoms with van der Waals surface area (Å²) >= 11 is 0. The summed E-state index contributed by atoms with van der Waals surface area (Å²) in [6, 6.07) is 16.4. The number of urea groups is 1. The van der Waals surface area contributed by atoms with E-state index in [9.17, 15) is 9.90 Å². The topological polar surface area (TPSA) is 52.6 Å². The number of piperidine rings is 1. The van der Waals surface area contributed by atoms with E-state index in [1.165, 1.54) is 11.1 Å². The number of carbonyl (C=O) groups is 1. The molecule has 26 heavy (non-hydrogen) atoms. The van der Waals surface area contributed by atoms with E-state index >= 15 is 0 Å². The van der Waals surface area contributed by atoms with Gasteiger partial charge >= 0.3 is 6.03 Å². The molecule has 138 valence electrons. The summed E-state index contributed by atoms with van der Waals surface area (Å²) < 4.78 is 0. The Morgan fingerprint density at radius 3 is 2.08 bits per heavy atom. The maximum atomic E-state index is 12.9. The molecule has 1 aliphatic heterocycles. The largest absolute Gasteiger partial charge is 0.396 e. The van der Waals surface area contributed by atoms with E-state index in [2.05, 4.69) is 55.6 Å². The second-order valence-electron chi connectivity index (χ2n) is 7.32. The molecule has 1 aliphatic rings. The Bertz CT molecular complexity index is 706. The van der Waals surface area contributed by atoms with Crippen molar-refractivity contribution in [1.82, 2.24) is 10.2 Å². The molecule has 1 fully saturated rings. The standard InChI is InChI=1S/C22H28N2O2/c1-16-5-3-7-19(13-16)21(20-8-4-6-17(2)14-20)23-22(26)24-11-9-18(15-25)10-12-24/h3-8,13-14,18,21,25H,9-12,15H2,1-2H3,(H,23,26). The van der Waals surface area contributed by atoms with Crippen LogP contribution in [0.5, 0.6) is 0 Å². The third kappa shape index (κ3) is 4.44.